The molecule has 20 heavy (non-hydrogen) atoms. The molecular weight excluding hydrogens is 256 g/mol. The first-order chi connectivity index (χ1) is 9.57. The fourth-order valence-corrected chi connectivity index (χ4v) is 2.24. The molecule has 3 rings (SSSR count). The molecule has 0 saturated heterocycles. The van der Waals surface area contributed by atoms with Gasteiger partial charge in [-0.1, -0.05) is 48.5 Å². The number of hydrogen-bond donors (Lipinski definition) is 1. The van der Waals surface area contributed by atoms with E-state index >= 15 is 0 Å². The number of fused-ring (bicyclic) bond motifs is 1. The van der Waals surface area contributed by atoms with Crippen LogP contribution < -0.4 is 5.73 Å². The van der Waals surface area contributed by atoms with E-state index in [9.17, 15) is 8.78 Å². The van der Waals surface area contributed by atoms with Crippen molar-refractivity contribution in [1.29, 1.82) is 0 Å². The predicted molar refractivity (Wildman–Crippen MR) is 77.8 cm³/mol. The van der Waals surface area contributed by atoms with Crippen molar-refractivity contribution >= 4 is 16.5 Å². The Morgan fingerprint density at radius 2 is 1.30 bits per heavy atom. The van der Waals surface area contributed by atoms with Crippen molar-refractivity contribution < 1.29 is 8.78 Å². The van der Waals surface area contributed by atoms with E-state index < -0.39 is 5.92 Å². The van der Waals surface area contributed by atoms with Crippen LogP contribution in [0.15, 0.2) is 66.7 Å². The molecule has 0 aromatic heterocycles. The third kappa shape index (κ3) is 2.11. The quantitative estimate of drug-likeness (QED) is 0.678. The molecule has 0 radical (unpaired) electrons. The number of nitrogens with two attached hydrogens (primary N) is 1. The van der Waals surface area contributed by atoms with Crippen molar-refractivity contribution in [2.75, 3.05) is 5.73 Å². The number of hydrogen-bond acceptors (Lipinski definition) is 1. The largest absolute Gasteiger partial charge is 0.399 e. The summed E-state index contributed by atoms with van der Waals surface area (Å²) in [4.78, 5) is 0. The maximum atomic E-state index is 14.5. The topological polar surface area (TPSA) is 26.0 Å². The highest BCUT2D eigenvalue weighted by molar-refractivity contribution is 5.83. The van der Waals surface area contributed by atoms with E-state index in [4.69, 9.17) is 5.73 Å². The Hall–Kier alpha value is -2.42. The van der Waals surface area contributed by atoms with Gasteiger partial charge in [-0.05, 0) is 29.0 Å². The number of alkyl halides is 2. The Morgan fingerprint density at radius 3 is 2.00 bits per heavy atom. The lowest BCUT2D eigenvalue weighted by Gasteiger charge is -2.18. The van der Waals surface area contributed by atoms with Crippen LogP contribution in [0.5, 0.6) is 0 Å². The predicted octanol–water partition coefficient (Wildman–Crippen LogP) is 4.56. The van der Waals surface area contributed by atoms with E-state index in [0.29, 0.717) is 5.69 Å². The highest BCUT2D eigenvalue weighted by Crippen LogP contribution is 2.37. The standard InChI is InChI=1S/C17H13F2N/c18-17(19,14-7-9-16(20)10-8-14)15-6-5-12-3-1-2-4-13(12)11-15/h1-11H,20H2. The fourth-order valence-electron chi connectivity index (χ4n) is 2.24. The lowest BCUT2D eigenvalue weighted by molar-refractivity contribution is 0.0430. The van der Waals surface area contributed by atoms with Gasteiger partial charge in [0.2, 0.25) is 0 Å². The number of anilines is 1. The Balaban J connectivity index is 2.10. The maximum Gasteiger partial charge on any atom is 0.298 e. The van der Waals surface area contributed by atoms with Crippen LogP contribution in [0.4, 0.5) is 14.5 Å². The molecule has 0 aliphatic heterocycles. The fraction of sp³-hybridized carbons (Fsp3) is 0.0588. The molecule has 3 aromatic rings. The van der Waals surface area contributed by atoms with E-state index in [0.717, 1.165) is 10.8 Å². The normalized spacial score (nSPS) is 11.7. The summed E-state index contributed by atoms with van der Waals surface area (Å²) < 4.78 is 29.0. The molecule has 0 bridgehead atoms. The summed E-state index contributed by atoms with van der Waals surface area (Å²) in [7, 11) is 0. The van der Waals surface area contributed by atoms with Gasteiger partial charge in [0.15, 0.2) is 0 Å². The van der Waals surface area contributed by atoms with Crippen molar-refractivity contribution in [1.82, 2.24) is 0 Å². The summed E-state index contributed by atoms with van der Waals surface area (Å²) in [6.07, 6.45) is 0. The van der Waals surface area contributed by atoms with Crippen LogP contribution in [0.25, 0.3) is 10.8 Å². The third-order valence-electron chi connectivity index (χ3n) is 3.39. The van der Waals surface area contributed by atoms with Crippen LogP contribution in [0, 0.1) is 0 Å². The van der Waals surface area contributed by atoms with Crippen LogP contribution >= 0.6 is 0 Å². The second-order valence-corrected chi connectivity index (χ2v) is 4.76. The van der Waals surface area contributed by atoms with E-state index in [2.05, 4.69) is 0 Å². The minimum absolute atomic E-state index is 0.0130. The second kappa shape index (κ2) is 4.60. The molecule has 0 heterocycles. The SMILES string of the molecule is Nc1ccc(C(F)(F)c2ccc3ccccc3c2)cc1. The molecule has 0 saturated carbocycles. The molecule has 2 N–H and O–H groups in total. The van der Waals surface area contributed by atoms with Crippen LogP contribution in [0.2, 0.25) is 0 Å². The molecule has 3 heteroatoms. The van der Waals surface area contributed by atoms with Gasteiger partial charge >= 0.3 is 0 Å². The lowest BCUT2D eigenvalue weighted by atomic mass is 9.97. The van der Waals surface area contributed by atoms with Gasteiger partial charge in [-0.15, -0.1) is 0 Å². The maximum absolute atomic E-state index is 14.5. The van der Waals surface area contributed by atoms with Gasteiger partial charge in [0, 0.05) is 16.8 Å². The van der Waals surface area contributed by atoms with Gasteiger partial charge in [-0.25, -0.2) is 0 Å². The molecular formula is C17H13F2N. The molecule has 0 aliphatic rings. The summed E-state index contributed by atoms with van der Waals surface area (Å²) >= 11 is 0. The van der Waals surface area contributed by atoms with Crippen molar-refractivity contribution in [3.8, 4) is 0 Å². The van der Waals surface area contributed by atoms with Crippen molar-refractivity contribution in [2.24, 2.45) is 0 Å². The number of rotatable bonds is 2. The molecule has 0 aliphatic carbocycles. The molecule has 3 aromatic carbocycles. The monoisotopic (exact) mass is 269 g/mol. The van der Waals surface area contributed by atoms with Crippen molar-refractivity contribution in [2.45, 2.75) is 5.92 Å². The number of nitrogen functional groups attached to an aromatic ring is 1. The zero-order chi connectivity index (χ0) is 14.2. The van der Waals surface area contributed by atoms with E-state index in [1.165, 1.54) is 36.4 Å². The summed E-state index contributed by atoms with van der Waals surface area (Å²) in [5, 5.41) is 1.75. The van der Waals surface area contributed by atoms with Crippen LogP contribution in [-0.4, -0.2) is 0 Å². The minimum atomic E-state index is -3.03. The average Bonchev–Trinajstić information content (AvgIpc) is 2.47. The van der Waals surface area contributed by atoms with Crippen LogP contribution in [0.3, 0.4) is 0 Å². The van der Waals surface area contributed by atoms with Gasteiger partial charge < -0.3 is 5.73 Å². The molecule has 0 spiro atoms. The van der Waals surface area contributed by atoms with Crippen LogP contribution in [0.1, 0.15) is 11.1 Å². The van der Waals surface area contributed by atoms with Crippen molar-refractivity contribution in [3.05, 3.63) is 77.9 Å². The van der Waals surface area contributed by atoms with Gasteiger partial charge in [0.05, 0.1) is 0 Å². The molecule has 0 amide bonds. The highest BCUT2D eigenvalue weighted by atomic mass is 19.3. The Morgan fingerprint density at radius 1 is 0.700 bits per heavy atom. The summed E-state index contributed by atoms with van der Waals surface area (Å²) in [5.41, 5.74) is 5.95. The summed E-state index contributed by atoms with van der Waals surface area (Å²) in [6.45, 7) is 0. The Labute approximate surface area is 115 Å². The average molecular weight is 269 g/mol. The summed E-state index contributed by atoms with van der Waals surface area (Å²) in [5.74, 6) is -3.03. The smallest absolute Gasteiger partial charge is 0.298 e. The van der Waals surface area contributed by atoms with E-state index in [-0.39, 0.29) is 11.1 Å². The number of halogens is 2. The van der Waals surface area contributed by atoms with Gasteiger partial charge in [-0.3, -0.25) is 0 Å². The molecule has 0 atom stereocenters. The first-order valence-electron chi connectivity index (χ1n) is 6.30. The highest BCUT2D eigenvalue weighted by Gasteiger charge is 2.33. The van der Waals surface area contributed by atoms with Gasteiger partial charge in [0.1, 0.15) is 0 Å². The summed E-state index contributed by atoms with van der Waals surface area (Å²) in [6, 6.07) is 17.9. The Bertz CT molecular complexity index is 748. The second-order valence-electron chi connectivity index (χ2n) is 4.76. The zero-order valence-corrected chi connectivity index (χ0v) is 10.7. The molecule has 0 fully saturated rings. The molecule has 0 unspecified atom stereocenters. The van der Waals surface area contributed by atoms with Crippen molar-refractivity contribution in [3.63, 3.8) is 0 Å². The van der Waals surface area contributed by atoms with Crippen LogP contribution in [-0.2, 0) is 5.92 Å². The first-order valence-corrected chi connectivity index (χ1v) is 6.30. The van der Waals surface area contributed by atoms with Gasteiger partial charge in [-0.2, -0.15) is 8.78 Å². The molecule has 1 nitrogen and oxygen atoms in total. The lowest BCUT2D eigenvalue weighted by Crippen LogP contribution is -2.15. The van der Waals surface area contributed by atoms with E-state index in [1.54, 1.807) is 6.07 Å². The third-order valence-corrected chi connectivity index (χ3v) is 3.39. The molecule has 100 valence electrons. The first kappa shape index (κ1) is 12.6. The zero-order valence-electron chi connectivity index (χ0n) is 10.7. The van der Waals surface area contributed by atoms with Gasteiger partial charge in [0.25, 0.3) is 5.92 Å². The number of benzene rings is 3. The Kier molecular flexibility index (Phi) is 2.90. The minimum Gasteiger partial charge on any atom is -0.399 e. The van der Waals surface area contributed by atoms with E-state index in [1.807, 2.05) is 24.3 Å².